The lowest BCUT2D eigenvalue weighted by molar-refractivity contribution is -0.782. The SMILES string of the molecule is C=C(C)CC(C)C#CC=CC1=C(C)c2ccnc[n+]2C(C)(CC)C1(C)CC. The molecular formula is C25H35N2+. The number of hydrogen-bond donors (Lipinski definition) is 0. The Bertz CT molecular complexity index is 833. The van der Waals surface area contributed by atoms with Gasteiger partial charge in [0, 0.05) is 17.4 Å². The average Bonchev–Trinajstić information content (AvgIpc) is 2.64. The van der Waals surface area contributed by atoms with E-state index in [1.54, 1.807) is 0 Å². The number of hydrogen-bond acceptors (Lipinski definition) is 1. The highest BCUT2D eigenvalue weighted by Crippen LogP contribution is 2.50. The van der Waals surface area contributed by atoms with Gasteiger partial charge in [-0.05, 0) is 63.3 Å². The molecule has 1 aromatic heterocycles. The molecule has 0 radical (unpaired) electrons. The molecular weight excluding hydrogens is 328 g/mol. The Labute approximate surface area is 166 Å². The molecule has 2 rings (SSSR count). The first kappa shape index (κ1) is 21.2. The van der Waals surface area contributed by atoms with Crippen LogP contribution in [0.4, 0.5) is 0 Å². The van der Waals surface area contributed by atoms with E-state index in [-0.39, 0.29) is 11.0 Å². The Hall–Kier alpha value is -2.14. The van der Waals surface area contributed by atoms with Gasteiger partial charge in [0.25, 0.3) is 6.33 Å². The quantitative estimate of drug-likeness (QED) is 0.364. The third-order valence-electron chi connectivity index (χ3n) is 6.58. The zero-order valence-corrected chi connectivity index (χ0v) is 18.2. The predicted molar refractivity (Wildman–Crippen MR) is 115 cm³/mol. The van der Waals surface area contributed by atoms with Crippen LogP contribution in [0.25, 0.3) is 5.57 Å². The van der Waals surface area contributed by atoms with Gasteiger partial charge in [0.15, 0.2) is 0 Å². The van der Waals surface area contributed by atoms with E-state index >= 15 is 0 Å². The zero-order valence-electron chi connectivity index (χ0n) is 18.2. The first-order chi connectivity index (χ1) is 12.7. The van der Waals surface area contributed by atoms with Crippen molar-refractivity contribution in [3.8, 4) is 11.8 Å². The summed E-state index contributed by atoms with van der Waals surface area (Å²) < 4.78 is 2.38. The summed E-state index contributed by atoms with van der Waals surface area (Å²) in [4.78, 5) is 4.41. The summed E-state index contributed by atoms with van der Waals surface area (Å²) in [6.07, 6.45) is 11.2. The largest absolute Gasteiger partial charge is 0.286 e. The van der Waals surface area contributed by atoms with Crippen molar-refractivity contribution in [2.45, 2.75) is 73.3 Å². The fourth-order valence-corrected chi connectivity index (χ4v) is 4.50. The molecule has 2 heterocycles. The molecule has 0 saturated heterocycles. The van der Waals surface area contributed by atoms with Crippen LogP contribution >= 0.6 is 0 Å². The monoisotopic (exact) mass is 363 g/mol. The van der Waals surface area contributed by atoms with E-state index in [9.17, 15) is 0 Å². The lowest BCUT2D eigenvalue weighted by atomic mass is 9.60. The first-order valence-electron chi connectivity index (χ1n) is 10.1. The van der Waals surface area contributed by atoms with Crippen molar-refractivity contribution in [2.75, 3.05) is 0 Å². The van der Waals surface area contributed by atoms with Crippen LogP contribution in [0.15, 0.2) is 48.5 Å². The smallest absolute Gasteiger partial charge is 0.224 e. The molecule has 0 aromatic carbocycles. The summed E-state index contributed by atoms with van der Waals surface area (Å²) >= 11 is 0. The first-order valence-corrected chi connectivity index (χ1v) is 10.1. The summed E-state index contributed by atoms with van der Waals surface area (Å²) in [7, 11) is 0. The highest BCUT2D eigenvalue weighted by atomic mass is 15.1. The minimum Gasteiger partial charge on any atom is -0.224 e. The van der Waals surface area contributed by atoms with Gasteiger partial charge in [-0.2, -0.15) is 0 Å². The molecule has 144 valence electrons. The molecule has 1 aromatic rings. The van der Waals surface area contributed by atoms with Crippen molar-refractivity contribution < 1.29 is 4.57 Å². The topological polar surface area (TPSA) is 16.8 Å². The minimum atomic E-state index is -0.0226. The number of aromatic nitrogens is 2. The number of fused-ring (bicyclic) bond motifs is 1. The van der Waals surface area contributed by atoms with Gasteiger partial charge in [0.05, 0.1) is 0 Å². The number of rotatable bonds is 5. The number of allylic oxidation sites excluding steroid dienone is 5. The maximum atomic E-state index is 4.41. The molecule has 2 nitrogen and oxygen atoms in total. The second-order valence-electron chi connectivity index (χ2n) is 8.37. The van der Waals surface area contributed by atoms with Crippen molar-refractivity contribution in [3.63, 3.8) is 0 Å². The van der Waals surface area contributed by atoms with Gasteiger partial charge in [0.2, 0.25) is 0 Å². The van der Waals surface area contributed by atoms with E-state index in [0.717, 1.165) is 19.3 Å². The summed E-state index contributed by atoms with van der Waals surface area (Å²) in [6.45, 7) is 19.7. The fourth-order valence-electron chi connectivity index (χ4n) is 4.50. The molecule has 1 aliphatic heterocycles. The van der Waals surface area contributed by atoms with Crippen molar-refractivity contribution in [2.24, 2.45) is 11.3 Å². The van der Waals surface area contributed by atoms with Crippen molar-refractivity contribution in [1.82, 2.24) is 4.98 Å². The number of nitrogens with zero attached hydrogens (tertiary/aromatic N) is 2. The van der Waals surface area contributed by atoms with E-state index in [2.05, 4.69) is 88.6 Å². The molecule has 0 bridgehead atoms. The van der Waals surface area contributed by atoms with Crippen molar-refractivity contribution in [1.29, 1.82) is 0 Å². The molecule has 3 unspecified atom stereocenters. The van der Waals surface area contributed by atoms with E-state index < -0.39 is 0 Å². The predicted octanol–water partition coefficient (Wildman–Crippen LogP) is 5.86. The second-order valence-corrected chi connectivity index (χ2v) is 8.37. The highest BCUT2D eigenvalue weighted by Gasteiger charge is 2.53. The normalized spacial score (nSPS) is 25.7. The van der Waals surface area contributed by atoms with Crippen LogP contribution < -0.4 is 4.57 Å². The summed E-state index contributed by atoms with van der Waals surface area (Å²) in [5.74, 6) is 6.94. The van der Waals surface area contributed by atoms with Crippen LogP contribution in [-0.2, 0) is 5.54 Å². The Morgan fingerprint density at radius 2 is 2.04 bits per heavy atom. The Morgan fingerprint density at radius 1 is 1.33 bits per heavy atom. The fraction of sp³-hybridized carbons (Fsp3) is 0.520. The van der Waals surface area contributed by atoms with Crippen molar-refractivity contribution >= 4 is 5.57 Å². The molecule has 3 atom stereocenters. The van der Waals surface area contributed by atoms with E-state index in [4.69, 9.17) is 0 Å². The van der Waals surface area contributed by atoms with E-state index in [1.165, 1.54) is 22.4 Å². The van der Waals surface area contributed by atoms with Gasteiger partial charge in [-0.3, -0.25) is 0 Å². The molecule has 1 aliphatic rings. The van der Waals surface area contributed by atoms with Gasteiger partial charge in [-0.15, -0.1) is 6.58 Å². The van der Waals surface area contributed by atoms with E-state index in [1.807, 2.05) is 18.6 Å². The second kappa shape index (κ2) is 8.26. The Morgan fingerprint density at radius 3 is 2.63 bits per heavy atom. The molecule has 27 heavy (non-hydrogen) atoms. The zero-order chi connectivity index (χ0) is 20.2. The molecule has 0 saturated carbocycles. The van der Waals surface area contributed by atoms with Gasteiger partial charge in [0.1, 0.15) is 17.4 Å². The van der Waals surface area contributed by atoms with Crippen LogP contribution in [-0.4, -0.2) is 4.98 Å². The average molecular weight is 364 g/mol. The molecule has 0 N–H and O–H groups in total. The molecule has 0 fully saturated rings. The standard InChI is InChI=1S/C25H35N2/c1-9-24(7)22(14-12-11-13-20(5)17-19(3)4)21(6)23-15-16-26-18-27(23)25(24,8)10-2/h12,14-16,18,20H,3,9-10,17H2,1-2,4-8H3/q+1. The van der Waals surface area contributed by atoms with Gasteiger partial charge in [-0.1, -0.05) is 50.1 Å². The van der Waals surface area contributed by atoms with E-state index in [0.29, 0.717) is 5.92 Å². The maximum Gasteiger partial charge on any atom is 0.286 e. The van der Waals surface area contributed by atoms with Gasteiger partial charge in [-0.25, -0.2) is 4.57 Å². The van der Waals surface area contributed by atoms with Gasteiger partial charge >= 0.3 is 0 Å². The molecule has 0 amide bonds. The minimum absolute atomic E-state index is 0.0219. The van der Waals surface area contributed by atoms with Crippen molar-refractivity contribution in [3.05, 3.63) is 54.2 Å². The summed E-state index contributed by atoms with van der Waals surface area (Å²) in [6, 6.07) is 2.13. The van der Waals surface area contributed by atoms with Crippen LogP contribution in [0.1, 0.15) is 73.4 Å². The van der Waals surface area contributed by atoms with Crippen LogP contribution in [0.5, 0.6) is 0 Å². The van der Waals surface area contributed by atoms with Gasteiger partial charge < -0.3 is 0 Å². The highest BCUT2D eigenvalue weighted by molar-refractivity contribution is 5.68. The summed E-state index contributed by atoms with van der Waals surface area (Å²) in [5.41, 5.74) is 5.15. The maximum absolute atomic E-state index is 4.41. The molecule has 0 aliphatic carbocycles. The van der Waals surface area contributed by atoms with Crippen LogP contribution in [0.3, 0.4) is 0 Å². The Balaban J connectivity index is 2.52. The third kappa shape index (κ3) is 3.79. The molecule has 2 heteroatoms. The lowest BCUT2D eigenvalue weighted by Gasteiger charge is -2.48. The third-order valence-corrected chi connectivity index (χ3v) is 6.58. The lowest BCUT2D eigenvalue weighted by Crippen LogP contribution is -2.66. The van der Waals surface area contributed by atoms with Crippen LogP contribution in [0.2, 0.25) is 0 Å². The Kier molecular flexibility index (Phi) is 6.47. The molecule has 0 spiro atoms. The van der Waals surface area contributed by atoms with Crippen LogP contribution in [0, 0.1) is 23.2 Å². The summed E-state index contributed by atoms with van der Waals surface area (Å²) in [5, 5.41) is 0.